The minimum Gasteiger partial charge on any atom is -0.0622 e. The van der Waals surface area contributed by atoms with Crippen LogP contribution < -0.4 is 0 Å². The molecule has 0 unspecified atom stereocenters. The van der Waals surface area contributed by atoms with Gasteiger partial charge in [-0.25, -0.2) is 0 Å². The first-order valence-corrected chi connectivity index (χ1v) is 17.7. The molecule has 0 radical (unpaired) electrons. The van der Waals surface area contributed by atoms with E-state index >= 15 is 0 Å². The van der Waals surface area contributed by atoms with Crippen LogP contribution in [-0.2, 0) is 5.41 Å². The van der Waals surface area contributed by atoms with Crippen LogP contribution in [0.15, 0.2) is 164 Å². The van der Waals surface area contributed by atoms with E-state index in [0.29, 0.717) is 0 Å². The monoisotopic (exact) mass is 636 g/mol. The Morgan fingerprint density at radius 2 is 0.780 bits per heavy atom. The molecule has 0 bridgehead atoms. The summed E-state index contributed by atoms with van der Waals surface area (Å²) in [5.41, 5.74) is 14.5. The summed E-state index contributed by atoms with van der Waals surface area (Å²) in [5, 5.41) is 10.3. The van der Waals surface area contributed by atoms with Gasteiger partial charge in [0.05, 0.1) is 0 Å². The number of benzene rings is 9. The van der Waals surface area contributed by atoms with Gasteiger partial charge in [0.25, 0.3) is 0 Å². The quantitative estimate of drug-likeness (QED) is 0.169. The van der Waals surface area contributed by atoms with Crippen molar-refractivity contribution in [2.24, 2.45) is 0 Å². The fourth-order valence-corrected chi connectivity index (χ4v) is 9.05. The normalized spacial score (nSPS) is 13.3. The Balaban J connectivity index is 1.34. The molecule has 1 aliphatic rings. The van der Waals surface area contributed by atoms with Crippen molar-refractivity contribution in [2.45, 2.75) is 26.2 Å². The van der Waals surface area contributed by atoms with Gasteiger partial charge in [0, 0.05) is 5.41 Å². The molecule has 0 heterocycles. The molecule has 0 saturated carbocycles. The minimum absolute atomic E-state index is 0.0677. The molecule has 0 atom stereocenters. The van der Waals surface area contributed by atoms with Crippen molar-refractivity contribution in [2.75, 3.05) is 0 Å². The van der Waals surface area contributed by atoms with Crippen molar-refractivity contribution in [1.82, 2.24) is 0 Å². The SMILES string of the molecule is Cc1ccc2c(-c3c4ccccc4c(-c4ccccc4)c4ccccc34)c3ccccc3c(-c3ccc4c(c3)C(C)(C)c3ccccc3-4)c2c1. The van der Waals surface area contributed by atoms with Crippen LogP contribution in [0.25, 0.3) is 87.6 Å². The molecule has 0 nitrogen and oxygen atoms in total. The fraction of sp³-hybridized carbons (Fsp3) is 0.0800. The van der Waals surface area contributed by atoms with Gasteiger partial charge in [-0.05, 0) is 112 Å². The lowest BCUT2D eigenvalue weighted by Crippen LogP contribution is -2.14. The van der Waals surface area contributed by atoms with Gasteiger partial charge in [-0.15, -0.1) is 0 Å². The van der Waals surface area contributed by atoms with Crippen LogP contribution in [0.1, 0.15) is 30.5 Å². The maximum absolute atomic E-state index is 2.48. The largest absolute Gasteiger partial charge is 0.0622 e. The van der Waals surface area contributed by atoms with Gasteiger partial charge in [0.2, 0.25) is 0 Å². The third-order valence-corrected chi connectivity index (χ3v) is 11.3. The summed E-state index contributed by atoms with van der Waals surface area (Å²) in [5.74, 6) is 0. The smallest absolute Gasteiger partial charge is 0.0159 e. The maximum Gasteiger partial charge on any atom is 0.0159 e. The van der Waals surface area contributed by atoms with E-state index in [2.05, 4.69) is 185 Å². The third kappa shape index (κ3) is 4.06. The molecule has 236 valence electrons. The van der Waals surface area contributed by atoms with E-state index < -0.39 is 0 Å². The van der Waals surface area contributed by atoms with Crippen LogP contribution >= 0.6 is 0 Å². The first kappa shape index (κ1) is 29.0. The van der Waals surface area contributed by atoms with Crippen LogP contribution in [0.4, 0.5) is 0 Å². The highest BCUT2D eigenvalue weighted by Crippen LogP contribution is 2.53. The fourth-order valence-electron chi connectivity index (χ4n) is 9.05. The molecule has 10 rings (SSSR count). The van der Waals surface area contributed by atoms with Gasteiger partial charge < -0.3 is 0 Å². The Morgan fingerprint density at radius 3 is 1.38 bits per heavy atom. The first-order chi connectivity index (χ1) is 24.5. The number of aryl methyl sites for hydroxylation is 1. The van der Waals surface area contributed by atoms with Gasteiger partial charge in [-0.1, -0.05) is 177 Å². The van der Waals surface area contributed by atoms with Crippen molar-refractivity contribution in [3.05, 3.63) is 180 Å². The van der Waals surface area contributed by atoms with E-state index in [1.807, 2.05) is 0 Å². The number of hydrogen-bond donors (Lipinski definition) is 0. The molecule has 0 amide bonds. The summed E-state index contributed by atoms with van der Waals surface area (Å²) < 4.78 is 0. The molecule has 0 N–H and O–H groups in total. The summed E-state index contributed by atoms with van der Waals surface area (Å²) in [6, 6.07) is 61.2. The Hall–Kier alpha value is -5.98. The van der Waals surface area contributed by atoms with Gasteiger partial charge >= 0.3 is 0 Å². The van der Waals surface area contributed by atoms with E-state index in [0.717, 1.165) is 0 Å². The maximum atomic E-state index is 2.48. The average molecular weight is 637 g/mol. The standard InChI is InChI=1S/C50H36/c1-31-25-27-42-43(29-31)47(33-26-28-35-34-17-13-14-24-44(34)50(2,3)45(35)30-33)38-20-9-12-23-41(38)49(42)48-39-21-10-7-18-36(39)46(32-15-5-4-6-16-32)37-19-8-11-22-40(37)48/h4-30H,1-3H3. The molecule has 0 aromatic heterocycles. The van der Waals surface area contributed by atoms with E-state index in [4.69, 9.17) is 0 Å². The van der Waals surface area contributed by atoms with E-state index in [-0.39, 0.29) is 5.41 Å². The Kier molecular flexibility index (Phi) is 6.24. The Bertz CT molecular complexity index is 2780. The molecular formula is C50H36. The summed E-state index contributed by atoms with van der Waals surface area (Å²) in [7, 11) is 0. The van der Waals surface area contributed by atoms with Gasteiger partial charge in [-0.3, -0.25) is 0 Å². The Labute approximate surface area is 293 Å². The summed E-state index contributed by atoms with van der Waals surface area (Å²) in [6.07, 6.45) is 0. The molecule has 1 aliphatic carbocycles. The number of fused-ring (bicyclic) bond motifs is 7. The van der Waals surface area contributed by atoms with Crippen molar-refractivity contribution in [1.29, 1.82) is 0 Å². The van der Waals surface area contributed by atoms with Crippen molar-refractivity contribution in [3.8, 4) is 44.5 Å². The van der Waals surface area contributed by atoms with Crippen LogP contribution in [0.5, 0.6) is 0 Å². The lowest BCUT2D eigenvalue weighted by molar-refractivity contribution is 0.660. The number of rotatable bonds is 3. The summed E-state index contributed by atoms with van der Waals surface area (Å²) in [6.45, 7) is 6.97. The second-order valence-electron chi connectivity index (χ2n) is 14.5. The molecule has 0 spiro atoms. The zero-order chi connectivity index (χ0) is 33.6. The lowest BCUT2D eigenvalue weighted by atomic mass is 9.79. The predicted molar refractivity (Wildman–Crippen MR) is 215 cm³/mol. The zero-order valence-electron chi connectivity index (χ0n) is 28.6. The van der Waals surface area contributed by atoms with Crippen LogP contribution in [0.3, 0.4) is 0 Å². The van der Waals surface area contributed by atoms with Crippen molar-refractivity contribution < 1.29 is 0 Å². The second-order valence-corrected chi connectivity index (χ2v) is 14.5. The molecule has 0 heteroatoms. The van der Waals surface area contributed by atoms with Gasteiger partial charge in [-0.2, -0.15) is 0 Å². The van der Waals surface area contributed by atoms with Crippen LogP contribution in [-0.4, -0.2) is 0 Å². The molecule has 0 saturated heterocycles. The van der Waals surface area contributed by atoms with Gasteiger partial charge in [0.1, 0.15) is 0 Å². The van der Waals surface area contributed by atoms with E-state index in [1.165, 1.54) is 104 Å². The topological polar surface area (TPSA) is 0 Å². The highest BCUT2D eigenvalue weighted by molar-refractivity contribution is 6.30. The van der Waals surface area contributed by atoms with Gasteiger partial charge in [0.15, 0.2) is 0 Å². The van der Waals surface area contributed by atoms with Crippen molar-refractivity contribution in [3.63, 3.8) is 0 Å². The lowest BCUT2D eigenvalue weighted by Gasteiger charge is -2.24. The van der Waals surface area contributed by atoms with E-state index in [1.54, 1.807) is 0 Å². The first-order valence-electron chi connectivity index (χ1n) is 17.7. The molecular weight excluding hydrogens is 601 g/mol. The van der Waals surface area contributed by atoms with Crippen molar-refractivity contribution >= 4 is 43.1 Å². The minimum atomic E-state index is -0.0677. The average Bonchev–Trinajstić information content (AvgIpc) is 3.39. The third-order valence-electron chi connectivity index (χ3n) is 11.3. The molecule has 50 heavy (non-hydrogen) atoms. The summed E-state index contributed by atoms with van der Waals surface area (Å²) >= 11 is 0. The predicted octanol–water partition coefficient (Wildman–Crippen LogP) is 13.9. The molecule has 0 aliphatic heterocycles. The summed E-state index contributed by atoms with van der Waals surface area (Å²) in [4.78, 5) is 0. The molecule has 9 aromatic carbocycles. The highest BCUT2D eigenvalue weighted by Gasteiger charge is 2.35. The number of hydrogen-bond acceptors (Lipinski definition) is 0. The van der Waals surface area contributed by atoms with Crippen LogP contribution in [0.2, 0.25) is 0 Å². The van der Waals surface area contributed by atoms with E-state index in [9.17, 15) is 0 Å². The molecule has 9 aromatic rings. The van der Waals surface area contributed by atoms with Crippen LogP contribution in [0, 0.1) is 6.92 Å². The second kappa shape index (κ2) is 10.8. The molecule has 0 fully saturated rings. The zero-order valence-corrected chi connectivity index (χ0v) is 28.6. The Morgan fingerprint density at radius 1 is 0.320 bits per heavy atom. The highest BCUT2D eigenvalue weighted by atomic mass is 14.4.